The van der Waals surface area contributed by atoms with E-state index in [1.54, 1.807) is 0 Å². The van der Waals surface area contributed by atoms with E-state index in [-0.39, 0.29) is 11.8 Å². The Morgan fingerprint density at radius 2 is 2.26 bits per heavy atom. The molecule has 0 aromatic heterocycles. The van der Waals surface area contributed by atoms with Gasteiger partial charge in [0.25, 0.3) is 0 Å². The molecule has 1 amide bonds. The molecule has 2 unspecified atom stereocenters. The fourth-order valence-electron chi connectivity index (χ4n) is 2.96. The Balaban J connectivity index is 1.74. The van der Waals surface area contributed by atoms with Crippen molar-refractivity contribution in [2.24, 2.45) is 0 Å². The zero-order valence-electron chi connectivity index (χ0n) is 11.3. The number of benzene rings is 1. The molecule has 0 radical (unpaired) electrons. The fraction of sp³-hybridized carbons (Fsp3) is 0.533. The van der Waals surface area contributed by atoms with E-state index in [4.69, 9.17) is 4.74 Å². The zero-order chi connectivity index (χ0) is 13.2. The Hall–Kier alpha value is -1.55. The number of hydrogen-bond acceptors (Lipinski definition) is 3. The lowest BCUT2D eigenvalue weighted by atomic mass is 9.98. The first-order chi connectivity index (χ1) is 9.27. The van der Waals surface area contributed by atoms with Crippen LogP contribution in [-0.2, 0) is 4.79 Å². The average Bonchev–Trinajstić information content (AvgIpc) is 2.90. The second-order valence-electron chi connectivity index (χ2n) is 5.35. The van der Waals surface area contributed by atoms with Crippen molar-refractivity contribution in [1.82, 2.24) is 10.2 Å². The maximum absolute atomic E-state index is 12.6. The molecule has 0 saturated carbocycles. The van der Waals surface area contributed by atoms with Crippen molar-refractivity contribution in [3.63, 3.8) is 0 Å². The Kier molecular flexibility index (Phi) is 3.42. The number of rotatable bonds is 2. The van der Waals surface area contributed by atoms with Gasteiger partial charge in [-0.2, -0.15) is 0 Å². The molecule has 2 heterocycles. The van der Waals surface area contributed by atoms with Crippen LogP contribution in [0, 0.1) is 0 Å². The van der Waals surface area contributed by atoms with Gasteiger partial charge < -0.3 is 15.0 Å². The second-order valence-corrected chi connectivity index (χ2v) is 5.35. The van der Waals surface area contributed by atoms with Gasteiger partial charge >= 0.3 is 0 Å². The van der Waals surface area contributed by atoms with Gasteiger partial charge in [-0.1, -0.05) is 18.2 Å². The molecule has 4 nitrogen and oxygen atoms in total. The third kappa shape index (κ3) is 2.32. The minimum absolute atomic E-state index is 0.136. The van der Waals surface area contributed by atoms with Crippen molar-refractivity contribution in [1.29, 1.82) is 0 Å². The summed E-state index contributed by atoms with van der Waals surface area (Å²) < 4.78 is 5.61. The number of carbonyl (C=O) groups excluding carboxylic acids is 1. The van der Waals surface area contributed by atoms with Crippen molar-refractivity contribution in [2.45, 2.75) is 24.8 Å². The van der Waals surface area contributed by atoms with E-state index in [1.165, 1.54) is 0 Å². The molecular formula is C15H20N2O2. The number of nitrogens with zero attached hydrogens (tertiary/aromatic N) is 1. The molecule has 1 aromatic rings. The summed E-state index contributed by atoms with van der Waals surface area (Å²) >= 11 is 0. The van der Waals surface area contributed by atoms with E-state index in [9.17, 15) is 4.79 Å². The van der Waals surface area contributed by atoms with E-state index < -0.39 is 0 Å². The van der Waals surface area contributed by atoms with E-state index in [2.05, 4.69) is 5.32 Å². The lowest BCUT2D eigenvalue weighted by Crippen LogP contribution is -2.48. The normalized spacial score (nSPS) is 25.5. The summed E-state index contributed by atoms with van der Waals surface area (Å²) in [4.78, 5) is 14.5. The van der Waals surface area contributed by atoms with Gasteiger partial charge in [0, 0.05) is 25.2 Å². The van der Waals surface area contributed by atoms with Crippen LogP contribution in [0.25, 0.3) is 0 Å². The summed E-state index contributed by atoms with van der Waals surface area (Å²) in [6.45, 7) is 2.44. The van der Waals surface area contributed by atoms with Crippen molar-refractivity contribution in [3.05, 3.63) is 29.8 Å². The lowest BCUT2D eigenvalue weighted by molar-refractivity contribution is -0.134. The lowest BCUT2D eigenvalue weighted by Gasteiger charge is -2.33. The molecule has 4 heteroatoms. The highest BCUT2D eigenvalue weighted by Crippen LogP contribution is 2.34. The van der Waals surface area contributed by atoms with Gasteiger partial charge in [0.1, 0.15) is 18.3 Å². The summed E-state index contributed by atoms with van der Waals surface area (Å²) in [7, 11) is 1.92. The number of amides is 1. The number of piperidine rings is 1. The molecule has 2 aliphatic rings. The highest BCUT2D eigenvalue weighted by molar-refractivity contribution is 5.85. The van der Waals surface area contributed by atoms with Crippen LogP contribution >= 0.6 is 0 Å². The first-order valence-corrected chi connectivity index (χ1v) is 6.96. The third-order valence-corrected chi connectivity index (χ3v) is 4.16. The predicted octanol–water partition coefficient (Wildman–Crippen LogP) is 1.37. The van der Waals surface area contributed by atoms with Gasteiger partial charge in [-0.15, -0.1) is 0 Å². The van der Waals surface area contributed by atoms with Gasteiger partial charge in [-0.3, -0.25) is 4.79 Å². The Morgan fingerprint density at radius 3 is 3.05 bits per heavy atom. The van der Waals surface area contributed by atoms with Crippen molar-refractivity contribution in [3.8, 4) is 5.75 Å². The topological polar surface area (TPSA) is 41.6 Å². The van der Waals surface area contributed by atoms with Crippen LogP contribution < -0.4 is 10.1 Å². The van der Waals surface area contributed by atoms with Crippen molar-refractivity contribution >= 4 is 5.91 Å². The second kappa shape index (κ2) is 5.21. The summed E-state index contributed by atoms with van der Waals surface area (Å²) in [5, 5.41) is 3.36. The van der Waals surface area contributed by atoms with Gasteiger partial charge in [-0.05, 0) is 25.5 Å². The number of hydrogen-bond donors (Lipinski definition) is 1. The predicted molar refractivity (Wildman–Crippen MR) is 73.3 cm³/mol. The number of likely N-dealkylation sites (N-methyl/N-ethyl adjacent to an activating group) is 1. The number of fused-ring (bicyclic) bond motifs is 1. The molecule has 0 bridgehead atoms. The van der Waals surface area contributed by atoms with Crippen molar-refractivity contribution in [2.75, 3.05) is 26.7 Å². The van der Waals surface area contributed by atoms with Crippen LogP contribution in [0.5, 0.6) is 5.75 Å². The largest absolute Gasteiger partial charge is 0.492 e. The molecule has 2 aliphatic heterocycles. The number of ether oxygens (including phenoxy) is 1. The molecule has 1 saturated heterocycles. The van der Waals surface area contributed by atoms with E-state index in [0.717, 1.165) is 37.2 Å². The van der Waals surface area contributed by atoms with Gasteiger partial charge in [0.05, 0.1) is 0 Å². The molecule has 0 aliphatic carbocycles. The third-order valence-electron chi connectivity index (χ3n) is 4.16. The summed E-state index contributed by atoms with van der Waals surface area (Å²) in [5.74, 6) is 0.901. The van der Waals surface area contributed by atoms with Crippen molar-refractivity contribution < 1.29 is 9.53 Å². The summed E-state index contributed by atoms with van der Waals surface area (Å²) in [5.41, 5.74) is 1.03. The SMILES string of the molecule is CN(C(=O)C1COc2ccccc21)C1CCCNC1. The first kappa shape index (κ1) is 12.5. The number of carbonyl (C=O) groups is 1. The average molecular weight is 260 g/mol. The van der Waals surface area contributed by atoms with Crippen LogP contribution in [-0.4, -0.2) is 43.6 Å². The number of para-hydroxylation sites is 1. The molecular weight excluding hydrogens is 240 g/mol. The molecule has 19 heavy (non-hydrogen) atoms. The number of nitrogens with one attached hydrogen (secondary N) is 1. The fourth-order valence-corrected chi connectivity index (χ4v) is 2.96. The quantitative estimate of drug-likeness (QED) is 0.873. The smallest absolute Gasteiger partial charge is 0.233 e. The van der Waals surface area contributed by atoms with E-state index in [1.807, 2.05) is 36.2 Å². The molecule has 0 spiro atoms. The Morgan fingerprint density at radius 1 is 1.42 bits per heavy atom. The molecule has 1 fully saturated rings. The minimum atomic E-state index is -0.136. The van der Waals surface area contributed by atoms with Gasteiger partial charge in [-0.25, -0.2) is 0 Å². The highest BCUT2D eigenvalue weighted by atomic mass is 16.5. The highest BCUT2D eigenvalue weighted by Gasteiger charge is 2.34. The first-order valence-electron chi connectivity index (χ1n) is 6.96. The van der Waals surface area contributed by atoms with Gasteiger partial charge in [0.2, 0.25) is 5.91 Å². The Bertz CT molecular complexity index is 469. The molecule has 102 valence electrons. The van der Waals surface area contributed by atoms with E-state index in [0.29, 0.717) is 12.6 Å². The standard InChI is InChI=1S/C15H20N2O2/c1-17(11-5-4-8-16-9-11)15(18)13-10-19-14-7-3-2-6-12(13)14/h2-3,6-7,11,13,16H,4-5,8-10H2,1H3. The van der Waals surface area contributed by atoms with E-state index >= 15 is 0 Å². The van der Waals surface area contributed by atoms with Gasteiger partial charge in [0.15, 0.2) is 0 Å². The summed E-state index contributed by atoms with van der Waals surface area (Å²) in [6, 6.07) is 8.16. The van der Waals surface area contributed by atoms with Crippen LogP contribution in [0.3, 0.4) is 0 Å². The van der Waals surface area contributed by atoms with Crippen LogP contribution in [0.4, 0.5) is 0 Å². The minimum Gasteiger partial charge on any atom is -0.492 e. The molecule has 2 atom stereocenters. The zero-order valence-corrected chi connectivity index (χ0v) is 11.3. The monoisotopic (exact) mass is 260 g/mol. The van der Waals surface area contributed by atoms with Crippen LogP contribution in [0.15, 0.2) is 24.3 Å². The molecule has 1 N–H and O–H groups in total. The maximum atomic E-state index is 12.6. The Labute approximate surface area is 113 Å². The molecule has 3 rings (SSSR count). The van der Waals surface area contributed by atoms with Crippen LogP contribution in [0.1, 0.15) is 24.3 Å². The maximum Gasteiger partial charge on any atom is 0.233 e. The molecule has 1 aromatic carbocycles. The summed E-state index contributed by atoms with van der Waals surface area (Å²) in [6.07, 6.45) is 2.23. The van der Waals surface area contributed by atoms with Crippen LogP contribution in [0.2, 0.25) is 0 Å².